The number of hydrogen-bond donors (Lipinski definition) is 1. The monoisotopic (exact) mass is 380 g/mol. The van der Waals surface area contributed by atoms with Gasteiger partial charge < -0.3 is 4.90 Å². The van der Waals surface area contributed by atoms with E-state index in [2.05, 4.69) is 32.5 Å². The summed E-state index contributed by atoms with van der Waals surface area (Å²) in [5.74, 6) is 0. The fraction of sp³-hybridized carbons (Fsp3) is 0.692. The second-order valence-electron chi connectivity index (χ2n) is 5.15. The minimum atomic E-state index is -3.38. The van der Waals surface area contributed by atoms with Crippen molar-refractivity contribution in [2.45, 2.75) is 42.9 Å². The highest BCUT2D eigenvalue weighted by atomic mass is 79.9. The summed E-state index contributed by atoms with van der Waals surface area (Å²) in [7, 11) is -3.38. The Bertz CT molecular complexity index is 522. The van der Waals surface area contributed by atoms with Gasteiger partial charge in [0.2, 0.25) is 0 Å². The molecule has 2 heterocycles. The van der Waals surface area contributed by atoms with Crippen molar-refractivity contribution in [3.63, 3.8) is 0 Å². The molecular weight excluding hydrogens is 360 g/mol. The summed E-state index contributed by atoms with van der Waals surface area (Å²) in [6.07, 6.45) is 4.22. The van der Waals surface area contributed by atoms with E-state index in [0.29, 0.717) is 8.68 Å². The van der Waals surface area contributed by atoms with Crippen molar-refractivity contribution in [2.24, 2.45) is 0 Å². The Morgan fingerprint density at radius 1 is 1.45 bits per heavy atom. The molecular formula is C13H21BrN2O2S2. The Morgan fingerprint density at radius 3 is 2.70 bits per heavy atom. The van der Waals surface area contributed by atoms with Crippen LogP contribution < -0.4 is 4.72 Å². The highest BCUT2D eigenvalue weighted by molar-refractivity contribution is 9.10. The number of thiophene rings is 1. The van der Waals surface area contributed by atoms with E-state index in [1.807, 2.05) is 0 Å². The molecule has 1 saturated heterocycles. The van der Waals surface area contributed by atoms with Crippen LogP contribution in [-0.2, 0) is 10.0 Å². The van der Waals surface area contributed by atoms with Gasteiger partial charge in [-0.3, -0.25) is 0 Å². The molecule has 1 fully saturated rings. The van der Waals surface area contributed by atoms with E-state index >= 15 is 0 Å². The van der Waals surface area contributed by atoms with Crippen LogP contribution in [0.4, 0.5) is 0 Å². The minimum Gasteiger partial charge on any atom is -0.303 e. The summed E-state index contributed by atoms with van der Waals surface area (Å²) in [6, 6.07) is 1.83. The summed E-state index contributed by atoms with van der Waals surface area (Å²) in [6.45, 7) is 5.30. The lowest BCUT2D eigenvalue weighted by atomic mass is 10.1. The molecule has 1 aliphatic heterocycles. The molecule has 0 saturated carbocycles. The first kappa shape index (κ1) is 16.4. The van der Waals surface area contributed by atoms with Gasteiger partial charge >= 0.3 is 0 Å². The normalized spacial score (nSPS) is 18.5. The van der Waals surface area contributed by atoms with Crippen LogP contribution in [0.5, 0.6) is 0 Å². The highest BCUT2D eigenvalue weighted by Gasteiger charge is 2.26. The molecule has 20 heavy (non-hydrogen) atoms. The first-order valence-electron chi connectivity index (χ1n) is 7.00. The van der Waals surface area contributed by atoms with Crippen LogP contribution >= 0.6 is 27.3 Å². The van der Waals surface area contributed by atoms with Crippen molar-refractivity contribution in [2.75, 3.05) is 19.6 Å². The van der Waals surface area contributed by atoms with Gasteiger partial charge in [0.05, 0.1) is 0 Å². The van der Waals surface area contributed by atoms with Gasteiger partial charge in [-0.25, -0.2) is 13.1 Å². The van der Waals surface area contributed by atoms with Crippen LogP contribution in [0.2, 0.25) is 0 Å². The molecule has 0 bridgehead atoms. The Labute approximate surface area is 133 Å². The molecule has 1 aromatic rings. The molecule has 0 aliphatic carbocycles. The molecule has 0 spiro atoms. The van der Waals surface area contributed by atoms with Gasteiger partial charge in [-0.1, -0.05) is 13.3 Å². The number of nitrogens with one attached hydrogen (secondary N) is 1. The van der Waals surface area contributed by atoms with Crippen molar-refractivity contribution in [3.8, 4) is 0 Å². The summed E-state index contributed by atoms with van der Waals surface area (Å²) < 4.78 is 28.5. The molecule has 0 aromatic carbocycles. The van der Waals surface area contributed by atoms with E-state index < -0.39 is 10.0 Å². The van der Waals surface area contributed by atoms with E-state index in [0.717, 1.165) is 32.5 Å². The third-order valence-electron chi connectivity index (χ3n) is 3.57. The number of rotatable bonds is 6. The third kappa shape index (κ3) is 4.27. The van der Waals surface area contributed by atoms with Crippen LogP contribution in [0.3, 0.4) is 0 Å². The van der Waals surface area contributed by atoms with Gasteiger partial charge in [0.25, 0.3) is 10.0 Å². The van der Waals surface area contributed by atoms with E-state index in [4.69, 9.17) is 0 Å². The smallest absolute Gasteiger partial charge is 0.251 e. The predicted octanol–water partition coefficient (Wildman–Crippen LogP) is 3.05. The molecule has 0 amide bonds. The second-order valence-corrected chi connectivity index (χ2v) is 8.83. The zero-order valence-corrected chi connectivity index (χ0v) is 14.9. The molecule has 0 unspecified atom stereocenters. The van der Waals surface area contributed by atoms with Gasteiger partial charge in [0.15, 0.2) is 0 Å². The lowest BCUT2D eigenvalue weighted by Gasteiger charge is -2.32. The molecule has 4 nitrogen and oxygen atoms in total. The molecule has 1 N–H and O–H groups in total. The van der Waals surface area contributed by atoms with Gasteiger partial charge in [-0.15, -0.1) is 11.3 Å². The highest BCUT2D eigenvalue weighted by Crippen LogP contribution is 2.28. The summed E-state index contributed by atoms with van der Waals surface area (Å²) in [4.78, 5) is 2.43. The zero-order chi connectivity index (χ0) is 14.6. The predicted molar refractivity (Wildman–Crippen MR) is 86.7 cm³/mol. The van der Waals surface area contributed by atoms with E-state index in [9.17, 15) is 8.42 Å². The van der Waals surface area contributed by atoms with Crippen LogP contribution in [0, 0.1) is 0 Å². The van der Waals surface area contributed by atoms with Gasteiger partial charge in [-0.2, -0.15) is 0 Å². The Morgan fingerprint density at radius 2 is 2.15 bits per heavy atom. The molecule has 7 heteroatoms. The summed E-state index contributed by atoms with van der Waals surface area (Å²) >= 11 is 4.54. The fourth-order valence-electron chi connectivity index (χ4n) is 2.40. The third-order valence-corrected chi connectivity index (χ3v) is 7.76. The maximum absolute atomic E-state index is 12.3. The maximum atomic E-state index is 12.3. The first-order valence-corrected chi connectivity index (χ1v) is 10.2. The van der Waals surface area contributed by atoms with E-state index in [1.165, 1.54) is 24.2 Å². The zero-order valence-electron chi connectivity index (χ0n) is 11.6. The van der Waals surface area contributed by atoms with Crippen molar-refractivity contribution < 1.29 is 8.42 Å². The number of hydrogen-bond acceptors (Lipinski definition) is 4. The Kier molecular flexibility index (Phi) is 6.04. The van der Waals surface area contributed by atoms with Crippen molar-refractivity contribution in [1.29, 1.82) is 0 Å². The largest absolute Gasteiger partial charge is 0.303 e. The number of unbranched alkanes of at least 4 members (excludes halogenated alkanes) is 1. The lowest BCUT2D eigenvalue weighted by molar-refractivity contribution is 0.205. The molecule has 0 radical (unpaired) electrons. The maximum Gasteiger partial charge on any atom is 0.251 e. The van der Waals surface area contributed by atoms with Gasteiger partial charge in [0.1, 0.15) is 4.21 Å². The standard InChI is InChI=1S/C13H21BrN2O2S2/c1-2-3-7-16-8-4-11(5-9-16)15-20(17,18)13-12(14)6-10-19-13/h6,10-11,15H,2-5,7-9H2,1H3. The lowest BCUT2D eigenvalue weighted by Crippen LogP contribution is -2.44. The number of sulfonamides is 1. The van der Waals surface area contributed by atoms with Gasteiger partial charge in [-0.05, 0) is 66.3 Å². The average Bonchev–Trinajstić information content (AvgIpc) is 2.85. The van der Waals surface area contributed by atoms with Gasteiger partial charge in [0, 0.05) is 10.5 Å². The van der Waals surface area contributed by atoms with Crippen molar-refractivity contribution in [1.82, 2.24) is 9.62 Å². The quantitative estimate of drug-likeness (QED) is 0.824. The number of nitrogens with zero attached hydrogens (tertiary/aromatic N) is 1. The average molecular weight is 381 g/mol. The number of piperidine rings is 1. The van der Waals surface area contributed by atoms with E-state index in [-0.39, 0.29) is 6.04 Å². The Balaban J connectivity index is 1.88. The van der Waals surface area contributed by atoms with Crippen LogP contribution in [0.1, 0.15) is 32.6 Å². The van der Waals surface area contributed by atoms with Crippen LogP contribution in [0.25, 0.3) is 0 Å². The SMILES string of the molecule is CCCCN1CCC(NS(=O)(=O)c2sccc2Br)CC1. The minimum absolute atomic E-state index is 0.0619. The van der Waals surface area contributed by atoms with E-state index in [1.54, 1.807) is 11.4 Å². The van der Waals surface area contributed by atoms with Crippen molar-refractivity contribution in [3.05, 3.63) is 15.9 Å². The Hall–Kier alpha value is 0.0500. The number of halogens is 1. The topological polar surface area (TPSA) is 49.4 Å². The molecule has 1 aliphatic rings. The van der Waals surface area contributed by atoms with Crippen LogP contribution in [-0.4, -0.2) is 39.0 Å². The fourth-order valence-corrected chi connectivity index (χ4v) is 6.06. The summed E-state index contributed by atoms with van der Waals surface area (Å²) in [5, 5.41) is 1.78. The van der Waals surface area contributed by atoms with Crippen LogP contribution in [0.15, 0.2) is 20.1 Å². The van der Waals surface area contributed by atoms with Crippen molar-refractivity contribution >= 4 is 37.3 Å². The molecule has 2 rings (SSSR count). The molecule has 0 atom stereocenters. The number of likely N-dealkylation sites (tertiary alicyclic amines) is 1. The summed E-state index contributed by atoms with van der Waals surface area (Å²) in [5.41, 5.74) is 0. The second kappa shape index (κ2) is 7.35. The molecule has 1 aromatic heterocycles. The molecule has 114 valence electrons. The first-order chi connectivity index (χ1) is 9.53.